The Bertz CT molecular complexity index is 695. The van der Waals surface area contributed by atoms with Gasteiger partial charge in [0.25, 0.3) is 0 Å². The van der Waals surface area contributed by atoms with E-state index >= 15 is 0 Å². The Kier molecular flexibility index (Phi) is 5.67. The molecule has 0 bridgehead atoms. The molecule has 3 amide bonds. The monoisotopic (exact) mass is 337 g/mol. The molecule has 1 heterocycles. The van der Waals surface area contributed by atoms with Gasteiger partial charge < -0.3 is 15.5 Å². The maximum Gasteiger partial charge on any atom is 0.317 e. The summed E-state index contributed by atoms with van der Waals surface area (Å²) in [5.74, 6) is -0.00563. The number of anilines is 1. The smallest absolute Gasteiger partial charge is 0.317 e. The lowest BCUT2D eigenvalue weighted by molar-refractivity contribution is -0.121. The van der Waals surface area contributed by atoms with E-state index in [4.69, 9.17) is 0 Å². The molecule has 0 saturated carbocycles. The molecule has 5 nitrogen and oxygen atoms in total. The maximum absolute atomic E-state index is 12.3. The first-order chi connectivity index (χ1) is 12.2. The van der Waals surface area contributed by atoms with E-state index < -0.39 is 0 Å². The third-order valence-electron chi connectivity index (χ3n) is 4.48. The predicted octanol–water partition coefficient (Wildman–Crippen LogP) is 3.25. The predicted molar refractivity (Wildman–Crippen MR) is 98.0 cm³/mol. The number of hydrogen-bond acceptors (Lipinski definition) is 2. The Morgan fingerprint density at radius 2 is 1.52 bits per heavy atom. The molecule has 0 radical (unpaired) electrons. The second-order valence-corrected chi connectivity index (χ2v) is 6.26. The Hall–Kier alpha value is -2.82. The minimum atomic E-state index is -0.0641. The van der Waals surface area contributed by atoms with Crippen molar-refractivity contribution in [3.63, 3.8) is 0 Å². The summed E-state index contributed by atoms with van der Waals surface area (Å²) in [5.41, 5.74) is 1.89. The minimum Gasteiger partial charge on any atom is -0.334 e. The van der Waals surface area contributed by atoms with Crippen LogP contribution in [0.4, 0.5) is 10.5 Å². The van der Waals surface area contributed by atoms with E-state index in [-0.39, 0.29) is 17.9 Å². The van der Waals surface area contributed by atoms with Crippen LogP contribution in [0.25, 0.3) is 0 Å². The lowest BCUT2D eigenvalue weighted by Gasteiger charge is -2.31. The molecule has 0 spiro atoms. The highest BCUT2D eigenvalue weighted by Gasteiger charge is 2.27. The summed E-state index contributed by atoms with van der Waals surface area (Å²) in [6.45, 7) is 1.73. The van der Waals surface area contributed by atoms with Crippen LogP contribution < -0.4 is 10.6 Å². The van der Waals surface area contributed by atoms with E-state index in [1.807, 2.05) is 60.7 Å². The van der Waals surface area contributed by atoms with Crippen molar-refractivity contribution in [2.45, 2.75) is 19.4 Å². The second-order valence-electron chi connectivity index (χ2n) is 6.26. The van der Waals surface area contributed by atoms with Gasteiger partial charge in [-0.3, -0.25) is 4.79 Å². The van der Waals surface area contributed by atoms with Crippen LogP contribution in [0.2, 0.25) is 0 Å². The van der Waals surface area contributed by atoms with Crippen LogP contribution in [0.5, 0.6) is 0 Å². The number of carbonyl (C=O) groups is 2. The van der Waals surface area contributed by atoms with Gasteiger partial charge >= 0.3 is 6.03 Å². The SMILES string of the molecule is O=C(Nc1ccccc1)C1CCN(C(=O)NCc2ccccc2)CC1. The van der Waals surface area contributed by atoms with Crippen molar-refractivity contribution in [2.75, 3.05) is 18.4 Å². The van der Waals surface area contributed by atoms with Crippen LogP contribution in [-0.2, 0) is 11.3 Å². The maximum atomic E-state index is 12.3. The van der Waals surface area contributed by atoms with Crippen LogP contribution >= 0.6 is 0 Å². The van der Waals surface area contributed by atoms with Gasteiger partial charge in [0.05, 0.1) is 0 Å². The average molecular weight is 337 g/mol. The molecular formula is C20H23N3O2. The summed E-state index contributed by atoms with van der Waals surface area (Å²) in [4.78, 5) is 26.4. The van der Waals surface area contributed by atoms with Gasteiger partial charge in [0, 0.05) is 31.2 Å². The quantitative estimate of drug-likeness (QED) is 0.900. The molecule has 2 N–H and O–H groups in total. The van der Waals surface area contributed by atoms with Gasteiger partial charge in [0.1, 0.15) is 0 Å². The van der Waals surface area contributed by atoms with Crippen molar-refractivity contribution in [1.82, 2.24) is 10.2 Å². The van der Waals surface area contributed by atoms with E-state index in [0.29, 0.717) is 32.5 Å². The molecule has 1 saturated heterocycles. The van der Waals surface area contributed by atoms with Crippen LogP contribution in [0.1, 0.15) is 18.4 Å². The molecule has 25 heavy (non-hydrogen) atoms. The standard InChI is InChI=1S/C20H23N3O2/c24-19(22-18-9-5-2-6-10-18)17-11-13-23(14-12-17)20(25)21-15-16-7-3-1-4-8-16/h1-10,17H,11-15H2,(H,21,25)(H,22,24). The van der Waals surface area contributed by atoms with Crippen molar-refractivity contribution < 1.29 is 9.59 Å². The number of amides is 3. The molecule has 2 aromatic carbocycles. The molecule has 0 unspecified atom stereocenters. The Balaban J connectivity index is 1.43. The van der Waals surface area contributed by atoms with Gasteiger partial charge in [-0.15, -0.1) is 0 Å². The normalized spacial score (nSPS) is 14.8. The zero-order valence-electron chi connectivity index (χ0n) is 14.2. The fraction of sp³-hybridized carbons (Fsp3) is 0.300. The van der Waals surface area contributed by atoms with Gasteiger partial charge in [0.2, 0.25) is 5.91 Å². The molecule has 3 rings (SSSR count). The van der Waals surface area contributed by atoms with Crippen LogP contribution in [0.15, 0.2) is 60.7 Å². The first-order valence-corrected chi connectivity index (χ1v) is 8.65. The number of nitrogens with one attached hydrogen (secondary N) is 2. The molecule has 1 aliphatic heterocycles. The van der Waals surface area contributed by atoms with Crippen molar-refractivity contribution in [3.05, 3.63) is 66.2 Å². The van der Waals surface area contributed by atoms with E-state index in [0.717, 1.165) is 11.3 Å². The van der Waals surface area contributed by atoms with E-state index in [2.05, 4.69) is 10.6 Å². The number of urea groups is 1. The van der Waals surface area contributed by atoms with Gasteiger partial charge in [-0.1, -0.05) is 48.5 Å². The topological polar surface area (TPSA) is 61.4 Å². The molecule has 0 atom stereocenters. The van der Waals surface area contributed by atoms with Gasteiger partial charge in [0.15, 0.2) is 0 Å². The summed E-state index contributed by atoms with van der Waals surface area (Å²) < 4.78 is 0. The first kappa shape index (κ1) is 17.0. The summed E-state index contributed by atoms with van der Waals surface area (Å²) in [7, 11) is 0. The molecule has 0 aliphatic carbocycles. The highest BCUT2D eigenvalue weighted by molar-refractivity contribution is 5.92. The number of benzene rings is 2. The largest absolute Gasteiger partial charge is 0.334 e. The van der Waals surface area contributed by atoms with Gasteiger partial charge in [-0.25, -0.2) is 4.79 Å². The minimum absolute atomic E-state index is 0.0375. The molecule has 2 aromatic rings. The molecule has 1 fully saturated rings. The number of rotatable bonds is 4. The fourth-order valence-corrected chi connectivity index (χ4v) is 3.00. The average Bonchev–Trinajstić information content (AvgIpc) is 2.68. The highest BCUT2D eigenvalue weighted by atomic mass is 16.2. The van der Waals surface area contributed by atoms with Crippen LogP contribution in [0, 0.1) is 5.92 Å². The van der Waals surface area contributed by atoms with Gasteiger partial charge in [-0.2, -0.15) is 0 Å². The van der Waals surface area contributed by atoms with Crippen LogP contribution in [0.3, 0.4) is 0 Å². The van der Waals surface area contributed by atoms with Crippen LogP contribution in [-0.4, -0.2) is 29.9 Å². The number of hydrogen-bond donors (Lipinski definition) is 2. The third kappa shape index (κ3) is 4.83. The van der Waals surface area contributed by atoms with E-state index in [9.17, 15) is 9.59 Å². The lowest BCUT2D eigenvalue weighted by Crippen LogP contribution is -2.45. The number of likely N-dealkylation sites (tertiary alicyclic amines) is 1. The summed E-state index contributed by atoms with van der Waals surface area (Å²) in [6, 6.07) is 19.3. The van der Waals surface area contributed by atoms with E-state index in [1.165, 1.54) is 0 Å². The number of carbonyl (C=O) groups excluding carboxylic acids is 2. The van der Waals surface area contributed by atoms with Crippen molar-refractivity contribution >= 4 is 17.6 Å². The second kappa shape index (κ2) is 8.33. The van der Waals surface area contributed by atoms with Crippen molar-refractivity contribution in [1.29, 1.82) is 0 Å². The van der Waals surface area contributed by atoms with Crippen molar-refractivity contribution in [2.24, 2.45) is 5.92 Å². The zero-order chi connectivity index (χ0) is 17.5. The van der Waals surface area contributed by atoms with Crippen molar-refractivity contribution in [3.8, 4) is 0 Å². The zero-order valence-corrected chi connectivity index (χ0v) is 14.2. The Morgan fingerprint density at radius 3 is 2.16 bits per heavy atom. The molecule has 5 heteroatoms. The first-order valence-electron chi connectivity index (χ1n) is 8.65. The molecular weight excluding hydrogens is 314 g/mol. The number of nitrogens with zero attached hydrogens (tertiary/aromatic N) is 1. The molecule has 1 aliphatic rings. The van der Waals surface area contributed by atoms with Gasteiger partial charge in [-0.05, 0) is 30.5 Å². The lowest BCUT2D eigenvalue weighted by atomic mass is 9.96. The number of piperidine rings is 1. The fourth-order valence-electron chi connectivity index (χ4n) is 3.00. The highest BCUT2D eigenvalue weighted by Crippen LogP contribution is 2.19. The molecule has 0 aromatic heterocycles. The third-order valence-corrected chi connectivity index (χ3v) is 4.48. The Labute approximate surface area is 148 Å². The Morgan fingerprint density at radius 1 is 0.920 bits per heavy atom. The van der Waals surface area contributed by atoms with E-state index in [1.54, 1.807) is 4.90 Å². The summed E-state index contributed by atoms with van der Waals surface area (Å²) in [5, 5.41) is 5.88. The summed E-state index contributed by atoms with van der Waals surface area (Å²) >= 11 is 0. The summed E-state index contributed by atoms with van der Waals surface area (Å²) in [6.07, 6.45) is 1.38. The molecule has 130 valence electrons. The number of para-hydroxylation sites is 1.